The summed E-state index contributed by atoms with van der Waals surface area (Å²) in [6.07, 6.45) is 3.40. The Morgan fingerprint density at radius 1 is 0.900 bits per heavy atom. The van der Waals surface area contributed by atoms with Crippen LogP contribution in [0.15, 0.2) is 48.5 Å². The molecule has 0 unspecified atom stereocenters. The Morgan fingerprint density at radius 2 is 1.50 bits per heavy atom. The minimum atomic E-state index is -2.65. The summed E-state index contributed by atoms with van der Waals surface area (Å²) in [7, 11) is 0. The molecular formula is C17H20Cl2Si. The van der Waals surface area contributed by atoms with Crippen LogP contribution in [-0.4, -0.2) is 6.69 Å². The number of aryl methyl sites for hydroxylation is 2. The summed E-state index contributed by atoms with van der Waals surface area (Å²) in [6, 6.07) is 16.6. The number of halogens is 2. The molecule has 0 aliphatic rings. The van der Waals surface area contributed by atoms with Crippen molar-refractivity contribution in [3.8, 4) is 0 Å². The van der Waals surface area contributed by atoms with Crippen molar-refractivity contribution in [1.82, 2.24) is 0 Å². The third-order valence-corrected chi connectivity index (χ3v) is 8.48. The topological polar surface area (TPSA) is 0 Å². The summed E-state index contributed by atoms with van der Waals surface area (Å²) in [6.45, 7) is 1.63. The molecule has 0 saturated carbocycles. The second kappa shape index (κ2) is 6.80. The number of hydrogen-bond acceptors (Lipinski definition) is 0. The highest BCUT2D eigenvalue weighted by Gasteiger charge is 2.36. The van der Waals surface area contributed by atoms with Gasteiger partial charge >= 0.3 is 6.69 Å². The van der Waals surface area contributed by atoms with Crippen LogP contribution >= 0.6 is 22.2 Å². The van der Waals surface area contributed by atoms with Crippen LogP contribution < -0.4 is 10.4 Å². The molecule has 0 nitrogen and oxygen atoms in total. The Balaban J connectivity index is 2.46. The van der Waals surface area contributed by atoms with Gasteiger partial charge in [0.25, 0.3) is 0 Å². The molecule has 0 spiro atoms. The van der Waals surface area contributed by atoms with Crippen molar-refractivity contribution in [2.45, 2.75) is 33.1 Å². The molecule has 0 aromatic heterocycles. The van der Waals surface area contributed by atoms with E-state index in [0.717, 1.165) is 16.8 Å². The molecule has 0 bridgehead atoms. The number of benzene rings is 2. The molecule has 2 aromatic rings. The van der Waals surface area contributed by atoms with Gasteiger partial charge in [0.2, 0.25) is 0 Å². The molecule has 0 heterocycles. The smallest absolute Gasteiger partial charge is 0.134 e. The van der Waals surface area contributed by atoms with E-state index in [1.165, 1.54) is 24.0 Å². The third kappa shape index (κ3) is 3.28. The Kier molecular flexibility index (Phi) is 5.31. The molecule has 0 aliphatic heterocycles. The molecule has 0 N–H and O–H groups in total. The summed E-state index contributed by atoms with van der Waals surface area (Å²) in [4.78, 5) is 0. The Morgan fingerprint density at radius 3 is 2.15 bits per heavy atom. The summed E-state index contributed by atoms with van der Waals surface area (Å²) in [5, 5.41) is 2.25. The lowest BCUT2D eigenvalue weighted by atomic mass is 10.1. The van der Waals surface area contributed by atoms with Crippen molar-refractivity contribution in [3.05, 3.63) is 59.7 Å². The molecule has 0 aliphatic carbocycles. The number of rotatable bonds is 5. The highest BCUT2D eigenvalue weighted by molar-refractivity contribution is 7.56. The maximum atomic E-state index is 6.88. The molecule has 0 fully saturated rings. The fourth-order valence-electron chi connectivity index (χ4n) is 2.48. The first-order chi connectivity index (χ1) is 9.57. The zero-order valence-electron chi connectivity index (χ0n) is 12.0. The molecule has 106 valence electrons. The quantitative estimate of drug-likeness (QED) is 0.566. The third-order valence-electron chi connectivity index (χ3n) is 3.64. The second-order valence-electron chi connectivity index (χ2n) is 5.15. The molecule has 2 rings (SSSR count). The van der Waals surface area contributed by atoms with Crippen molar-refractivity contribution in [2.75, 3.05) is 0 Å². The summed E-state index contributed by atoms with van der Waals surface area (Å²) in [5.74, 6) is 0. The molecule has 0 saturated heterocycles. The van der Waals surface area contributed by atoms with Crippen LogP contribution in [0.25, 0.3) is 0 Å². The van der Waals surface area contributed by atoms with Crippen LogP contribution in [-0.2, 0) is 6.42 Å². The van der Waals surface area contributed by atoms with Gasteiger partial charge in [-0.3, -0.25) is 0 Å². The molecule has 0 amide bonds. The van der Waals surface area contributed by atoms with Gasteiger partial charge in [0, 0.05) is 0 Å². The average molecular weight is 323 g/mol. The lowest BCUT2D eigenvalue weighted by Crippen LogP contribution is -2.51. The van der Waals surface area contributed by atoms with E-state index in [0.29, 0.717) is 0 Å². The van der Waals surface area contributed by atoms with Gasteiger partial charge in [0.1, 0.15) is 0 Å². The summed E-state index contributed by atoms with van der Waals surface area (Å²) >= 11 is 13.8. The molecule has 0 atom stereocenters. The monoisotopic (exact) mass is 322 g/mol. The highest BCUT2D eigenvalue weighted by Crippen LogP contribution is 2.20. The van der Waals surface area contributed by atoms with Gasteiger partial charge < -0.3 is 0 Å². The predicted molar refractivity (Wildman–Crippen MR) is 93.0 cm³/mol. The summed E-state index contributed by atoms with van der Waals surface area (Å²) in [5.41, 5.74) is 2.48. The Labute approximate surface area is 132 Å². The molecule has 2 aromatic carbocycles. The van der Waals surface area contributed by atoms with E-state index in [-0.39, 0.29) is 0 Å². The van der Waals surface area contributed by atoms with Crippen LogP contribution in [0, 0.1) is 6.92 Å². The minimum Gasteiger partial charge on any atom is -0.134 e. The lowest BCUT2D eigenvalue weighted by Gasteiger charge is -2.23. The first-order valence-corrected chi connectivity index (χ1v) is 11.1. The van der Waals surface area contributed by atoms with Crippen molar-refractivity contribution in [2.24, 2.45) is 0 Å². The van der Waals surface area contributed by atoms with E-state index < -0.39 is 6.69 Å². The second-order valence-corrected chi connectivity index (χ2v) is 11.4. The highest BCUT2D eigenvalue weighted by atomic mass is 35.7. The average Bonchev–Trinajstić information content (AvgIpc) is 2.45. The maximum absolute atomic E-state index is 6.88. The molecule has 0 radical (unpaired) electrons. The van der Waals surface area contributed by atoms with Gasteiger partial charge in [-0.15, -0.1) is 22.2 Å². The van der Waals surface area contributed by atoms with E-state index in [4.69, 9.17) is 22.2 Å². The maximum Gasteiger partial charge on any atom is 0.310 e. The van der Waals surface area contributed by atoms with Crippen LogP contribution in [0.4, 0.5) is 0 Å². The largest absolute Gasteiger partial charge is 0.310 e. The SMILES string of the molecule is CCCCc1ccccc1[Si](Cl)(Cl)c1ccccc1C. The van der Waals surface area contributed by atoms with Gasteiger partial charge in [0.05, 0.1) is 0 Å². The molecule has 20 heavy (non-hydrogen) atoms. The van der Waals surface area contributed by atoms with E-state index in [1.807, 2.05) is 18.2 Å². The van der Waals surface area contributed by atoms with Crippen LogP contribution in [0.5, 0.6) is 0 Å². The van der Waals surface area contributed by atoms with Gasteiger partial charge in [-0.2, -0.15) is 0 Å². The van der Waals surface area contributed by atoms with Crippen molar-refractivity contribution >= 4 is 39.2 Å². The first kappa shape index (κ1) is 15.6. The van der Waals surface area contributed by atoms with Gasteiger partial charge in [-0.25, -0.2) is 0 Å². The van der Waals surface area contributed by atoms with E-state index >= 15 is 0 Å². The predicted octanol–water partition coefficient (Wildman–Crippen LogP) is 4.37. The van der Waals surface area contributed by atoms with Crippen molar-refractivity contribution < 1.29 is 0 Å². The lowest BCUT2D eigenvalue weighted by molar-refractivity contribution is 0.797. The molecular weight excluding hydrogens is 303 g/mol. The van der Waals surface area contributed by atoms with Crippen molar-refractivity contribution in [3.63, 3.8) is 0 Å². The van der Waals surface area contributed by atoms with Gasteiger partial charge in [-0.1, -0.05) is 61.9 Å². The zero-order chi connectivity index (χ0) is 14.6. The summed E-state index contributed by atoms with van der Waals surface area (Å²) < 4.78 is 0. The van der Waals surface area contributed by atoms with E-state index in [2.05, 4.69) is 44.2 Å². The first-order valence-electron chi connectivity index (χ1n) is 7.09. The minimum absolute atomic E-state index is 1.05. The van der Waals surface area contributed by atoms with Crippen LogP contribution in [0.3, 0.4) is 0 Å². The molecule has 3 heteroatoms. The standard InChI is InChI=1S/C17H20Cl2Si/c1-3-4-10-15-11-6-8-13-17(15)20(18,19)16-12-7-5-9-14(16)2/h5-9,11-13H,3-4,10H2,1-2H3. The Hall–Kier alpha value is -0.763. The van der Waals surface area contributed by atoms with Gasteiger partial charge in [0.15, 0.2) is 0 Å². The number of unbranched alkanes of at least 4 members (excludes halogenated alkanes) is 1. The van der Waals surface area contributed by atoms with Crippen LogP contribution in [0.1, 0.15) is 30.9 Å². The van der Waals surface area contributed by atoms with E-state index in [1.54, 1.807) is 0 Å². The fourth-order valence-corrected chi connectivity index (χ4v) is 6.95. The van der Waals surface area contributed by atoms with E-state index in [9.17, 15) is 0 Å². The normalized spacial score (nSPS) is 11.6. The van der Waals surface area contributed by atoms with Crippen LogP contribution in [0.2, 0.25) is 0 Å². The Bertz CT molecular complexity index is 579. The zero-order valence-corrected chi connectivity index (χ0v) is 14.5. The van der Waals surface area contributed by atoms with Gasteiger partial charge in [-0.05, 0) is 41.3 Å². The van der Waals surface area contributed by atoms with Crippen molar-refractivity contribution in [1.29, 1.82) is 0 Å². The fraction of sp³-hybridized carbons (Fsp3) is 0.294. The number of hydrogen-bond donors (Lipinski definition) is 0.